The average Bonchev–Trinajstić information content (AvgIpc) is 3.12. The highest BCUT2D eigenvalue weighted by Gasteiger charge is 2.36. The Morgan fingerprint density at radius 3 is 2.71 bits per heavy atom. The molecule has 0 aromatic heterocycles. The summed E-state index contributed by atoms with van der Waals surface area (Å²) in [4.78, 5) is 20.1. The fraction of sp³-hybridized carbons (Fsp3) is 0.200. The van der Waals surface area contributed by atoms with Gasteiger partial charge in [0.15, 0.2) is 11.5 Å². The molecule has 0 bridgehead atoms. The summed E-state index contributed by atoms with van der Waals surface area (Å²) in [5.74, 6) is 0.993. The number of nitrogens with zero attached hydrogens (tertiary/aromatic N) is 2. The van der Waals surface area contributed by atoms with Crippen molar-refractivity contribution in [3.05, 3.63) is 77.4 Å². The second-order valence-corrected chi connectivity index (χ2v) is 7.61. The lowest BCUT2D eigenvalue weighted by Gasteiger charge is -2.22. The second-order valence-electron chi connectivity index (χ2n) is 7.61. The van der Waals surface area contributed by atoms with Crippen molar-refractivity contribution in [1.82, 2.24) is 0 Å². The highest BCUT2D eigenvalue weighted by molar-refractivity contribution is 6.15. The van der Waals surface area contributed by atoms with Crippen molar-refractivity contribution in [2.24, 2.45) is 4.99 Å². The lowest BCUT2D eigenvalue weighted by molar-refractivity contribution is 0.0986. The summed E-state index contributed by atoms with van der Waals surface area (Å²) in [5, 5.41) is 3.15. The van der Waals surface area contributed by atoms with Gasteiger partial charge in [0.1, 0.15) is 6.61 Å². The molecule has 0 radical (unpaired) electrons. The zero-order valence-electron chi connectivity index (χ0n) is 17.5. The van der Waals surface area contributed by atoms with E-state index in [0.717, 1.165) is 28.9 Å². The molecule has 156 valence electrons. The number of hydrogen-bond acceptors (Lipinski definition) is 5. The Kier molecular flexibility index (Phi) is 4.82. The molecule has 6 heteroatoms. The van der Waals surface area contributed by atoms with Crippen LogP contribution in [0.25, 0.3) is 0 Å². The van der Waals surface area contributed by atoms with Crippen LogP contribution in [0.2, 0.25) is 0 Å². The van der Waals surface area contributed by atoms with E-state index in [-0.39, 0.29) is 11.9 Å². The fourth-order valence-electron chi connectivity index (χ4n) is 4.12. The fourth-order valence-corrected chi connectivity index (χ4v) is 4.12. The standard InChI is InChI=1S/C25H23N3O3/c1-26-18-9-8-17-10-19-14-27-21-13-24(31-15-16-6-4-3-5-7-16)23(30-2)12-20(21)25(29)28(19)22(17)11-18/h3-9,11-14,19,26H,10,15H2,1-2H3. The Morgan fingerprint density at radius 2 is 1.94 bits per heavy atom. The zero-order chi connectivity index (χ0) is 21.4. The number of carbonyl (C=O) groups is 1. The molecule has 0 aliphatic carbocycles. The van der Waals surface area contributed by atoms with Crippen molar-refractivity contribution in [1.29, 1.82) is 0 Å². The molecule has 3 aromatic rings. The van der Waals surface area contributed by atoms with Gasteiger partial charge < -0.3 is 14.8 Å². The van der Waals surface area contributed by atoms with Crippen molar-refractivity contribution in [2.75, 3.05) is 24.4 Å². The molecule has 0 saturated heterocycles. The summed E-state index contributed by atoms with van der Waals surface area (Å²) in [5.41, 5.74) is 5.18. The Morgan fingerprint density at radius 1 is 1.10 bits per heavy atom. The number of anilines is 2. The molecular formula is C25H23N3O3. The lowest BCUT2D eigenvalue weighted by Crippen LogP contribution is -2.37. The van der Waals surface area contributed by atoms with Crippen molar-refractivity contribution in [3.8, 4) is 11.5 Å². The Bertz CT molecular complexity index is 1170. The molecule has 0 fully saturated rings. The third-order valence-electron chi connectivity index (χ3n) is 5.75. The molecule has 2 aliphatic heterocycles. The Balaban J connectivity index is 1.50. The summed E-state index contributed by atoms with van der Waals surface area (Å²) in [6, 6.07) is 19.4. The van der Waals surface area contributed by atoms with E-state index in [1.807, 2.05) is 60.6 Å². The van der Waals surface area contributed by atoms with Crippen LogP contribution >= 0.6 is 0 Å². The maximum atomic E-state index is 13.6. The largest absolute Gasteiger partial charge is 0.493 e. The minimum atomic E-state index is -0.110. The number of rotatable bonds is 5. The molecule has 5 rings (SSSR count). The van der Waals surface area contributed by atoms with E-state index < -0.39 is 0 Å². The second kappa shape index (κ2) is 7.80. The Hall–Kier alpha value is -3.80. The van der Waals surface area contributed by atoms with Crippen LogP contribution in [0.1, 0.15) is 21.5 Å². The number of aliphatic imine (C=N–C) groups is 1. The van der Waals surface area contributed by atoms with E-state index in [0.29, 0.717) is 29.4 Å². The van der Waals surface area contributed by atoms with E-state index in [1.54, 1.807) is 19.2 Å². The van der Waals surface area contributed by atoms with Crippen LogP contribution in [0, 0.1) is 0 Å². The van der Waals surface area contributed by atoms with E-state index in [4.69, 9.17) is 9.47 Å². The number of carbonyl (C=O) groups excluding carboxylic acids is 1. The van der Waals surface area contributed by atoms with E-state index in [1.165, 1.54) is 0 Å². The first kappa shape index (κ1) is 19.2. The average molecular weight is 413 g/mol. The SMILES string of the molecule is CNc1ccc2c(c1)N1C(=O)c3cc(OC)c(OCc4ccccc4)cc3N=CC1C2. The van der Waals surface area contributed by atoms with Gasteiger partial charge in [0, 0.05) is 31.4 Å². The number of amides is 1. The summed E-state index contributed by atoms with van der Waals surface area (Å²) in [6.07, 6.45) is 2.60. The van der Waals surface area contributed by atoms with E-state index in [9.17, 15) is 4.79 Å². The van der Waals surface area contributed by atoms with Crippen LogP contribution < -0.4 is 19.7 Å². The third kappa shape index (κ3) is 3.40. The molecule has 1 amide bonds. The van der Waals surface area contributed by atoms with Crippen LogP contribution in [0.15, 0.2) is 65.7 Å². The number of nitrogens with one attached hydrogen (secondary N) is 1. The molecule has 1 N–H and O–H groups in total. The number of ether oxygens (including phenoxy) is 2. The van der Waals surface area contributed by atoms with Crippen molar-refractivity contribution < 1.29 is 14.3 Å². The van der Waals surface area contributed by atoms with E-state index in [2.05, 4.69) is 16.4 Å². The maximum absolute atomic E-state index is 13.6. The first-order valence-corrected chi connectivity index (χ1v) is 10.2. The van der Waals surface area contributed by atoms with Crippen LogP contribution in [-0.4, -0.2) is 32.3 Å². The van der Waals surface area contributed by atoms with E-state index >= 15 is 0 Å². The van der Waals surface area contributed by atoms with Gasteiger partial charge in [-0.05, 0) is 29.3 Å². The van der Waals surface area contributed by atoms with Crippen LogP contribution in [0.5, 0.6) is 11.5 Å². The lowest BCUT2D eigenvalue weighted by atomic mass is 10.1. The quantitative estimate of drug-likeness (QED) is 0.664. The minimum absolute atomic E-state index is 0.0857. The van der Waals surface area contributed by atoms with Gasteiger partial charge in [0.05, 0.1) is 30.1 Å². The van der Waals surface area contributed by atoms with Crippen LogP contribution in [0.3, 0.4) is 0 Å². The maximum Gasteiger partial charge on any atom is 0.261 e. The van der Waals surface area contributed by atoms with Crippen molar-refractivity contribution in [2.45, 2.75) is 19.1 Å². The highest BCUT2D eigenvalue weighted by atomic mass is 16.5. The molecule has 0 spiro atoms. The van der Waals surface area contributed by atoms with Gasteiger partial charge in [0.25, 0.3) is 5.91 Å². The molecule has 6 nitrogen and oxygen atoms in total. The minimum Gasteiger partial charge on any atom is -0.493 e. The summed E-state index contributed by atoms with van der Waals surface area (Å²) >= 11 is 0. The topological polar surface area (TPSA) is 63.2 Å². The zero-order valence-corrected chi connectivity index (χ0v) is 17.5. The predicted molar refractivity (Wildman–Crippen MR) is 122 cm³/mol. The van der Waals surface area contributed by atoms with Gasteiger partial charge in [-0.1, -0.05) is 36.4 Å². The molecule has 1 unspecified atom stereocenters. The van der Waals surface area contributed by atoms with Crippen LogP contribution in [0.4, 0.5) is 17.1 Å². The summed E-state index contributed by atoms with van der Waals surface area (Å²) in [6.45, 7) is 0.405. The predicted octanol–water partition coefficient (Wildman–Crippen LogP) is 4.60. The van der Waals surface area contributed by atoms with Crippen molar-refractivity contribution >= 4 is 29.2 Å². The van der Waals surface area contributed by atoms with Crippen LogP contribution in [-0.2, 0) is 13.0 Å². The Labute approximate surface area is 181 Å². The molecule has 3 aromatic carbocycles. The summed E-state index contributed by atoms with van der Waals surface area (Å²) in [7, 11) is 3.45. The van der Waals surface area contributed by atoms with Gasteiger partial charge in [0.2, 0.25) is 0 Å². The van der Waals surface area contributed by atoms with Gasteiger partial charge in [-0.3, -0.25) is 14.7 Å². The summed E-state index contributed by atoms with van der Waals surface area (Å²) < 4.78 is 11.6. The molecule has 1 atom stereocenters. The third-order valence-corrected chi connectivity index (χ3v) is 5.75. The number of methoxy groups -OCH3 is 1. The molecule has 2 aliphatic rings. The van der Waals surface area contributed by atoms with Gasteiger partial charge in [-0.2, -0.15) is 0 Å². The van der Waals surface area contributed by atoms with Gasteiger partial charge >= 0.3 is 0 Å². The molecule has 2 heterocycles. The van der Waals surface area contributed by atoms with Gasteiger partial charge in [-0.25, -0.2) is 0 Å². The first-order chi connectivity index (χ1) is 15.2. The smallest absolute Gasteiger partial charge is 0.261 e. The normalized spacial score (nSPS) is 16.3. The molecule has 0 saturated carbocycles. The number of fused-ring (bicyclic) bond motifs is 4. The highest BCUT2D eigenvalue weighted by Crippen LogP contribution is 2.41. The first-order valence-electron chi connectivity index (χ1n) is 10.2. The number of benzene rings is 3. The monoisotopic (exact) mass is 413 g/mol. The number of hydrogen-bond donors (Lipinski definition) is 1. The molecule has 31 heavy (non-hydrogen) atoms. The van der Waals surface area contributed by atoms with Gasteiger partial charge in [-0.15, -0.1) is 0 Å². The molecular weight excluding hydrogens is 390 g/mol. The van der Waals surface area contributed by atoms with Crippen molar-refractivity contribution in [3.63, 3.8) is 0 Å².